The predicted octanol–water partition coefficient (Wildman–Crippen LogP) is 0.942. The van der Waals surface area contributed by atoms with E-state index in [9.17, 15) is 9.90 Å². The molecule has 0 radical (unpaired) electrons. The number of hydrogen-bond acceptors (Lipinski definition) is 3. The van der Waals surface area contributed by atoms with Crippen molar-refractivity contribution in [2.24, 2.45) is 5.92 Å². The van der Waals surface area contributed by atoms with E-state index in [1.54, 1.807) is 0 Å². The Morgan fingerprint density at radius 1 is 1.60 bits per heavy atom. The van der Waals surface area contributed by atoms with E-state index in [-0.39, 0.29) is 12.5 Å². The Morgan fingerprint density at radius 2 is 2.27 bits per heavy atom. The van der Waals surface area contributed by atoms with Crippen LogP contribution in [0.3, 0.4) is 0 Å². The van der Waals surface area contributed by atoms with E-state index >= 15 is 0 Å². The van der Waals surface area contributed by atoms with Crippen LogP contribution in [-0.2, 0) is 4.79 Å². The zero-order chi connectivity index (χ0) is 11.4. The van der Waals surface area contributed by atoms with Crippen molar-refractivity contribution in [3.63, 3.8) is 0 Å². The highest BCUT2D eigenvalue weighted by molar-refractivity contribution is 5.66. The first-order chi connectivity index (χ1) is 7.00. The van der Waals surface area contributed by atoms with Gasteiger partial charge in [-0.3, -0.25) is 4.79 Å². The lowest BCUT2D eigenvalue weighted by molar-refractivity contribution is -0.137. The smallest absolute Gasteiger partial charge is 0.303 e. The van der Waals surface area contributed by atoms with Crippen LogP contribution >= 0.6 is 0 Å². The third-order valence-electron chi connectivity index (χ3n) is 3.29. The summed E-state index contributed by atoms with van der Waals surface area (Å²) in [6.45, 7) is 5.86. The highest BCUT2D eigenvalue weighted by atomic mass is 16.4. The lowest BCUT2D eigenvalue weighted by Crippen LogP contribution is -2.46. The minimum absolute atomic E-state index is 0.187. The molecule has 0 aromatic carbocycles. The van der Waals surface area contributed by atoms with E-state index in [0.717, 1.165) is 19.5 Å². The molecule has 1 fully saturated rings. The number of hydrogen-bond donors (Lipinski definition) is 2. The van der Waals surface area contributed by atoms with Crippen LogP contribution < -0.4 is 0 Å². The number of aliphatic carboxylic acids is 1. The highest BCUT2D eigenvalue weighted by Crippen LogP contribution is 2.20. The van der Waals surface area contributed by atoms with Gasteiger partial charge in [-0.2, -0.15) is 0 Å². The summed E-state index contributed by atoms with van der Waals surface area (Å²) in [6.07, 6.45) is 1.54. The van der Waals surface area contributed by atoms with Crippen molar-refractivity contribution in [1.82, 2.24) is 4.90 Å². The molecule has 0 spiro atoms. The molecular formula is C11H21NO3. The number of aliphatic hydroxyl groups excluding tert-OH is 1. The Bertz CT molecular complexity index is 220. The first-order valence-electron chi connectivity index (χ1n) is 5.64. The molecule has 2 N–H and O–H groups in total. The molecule has 15 heavy (non-hydrogen) atoms. The van der Waals surface area contributed by atoms with Crippen molar-refractivity contribution in [2.75, 3.05) is 13.1 Å². The zero-order valence-electron chi connectivity index (χ0n) is 9.52. The molecular weight excluding hydrogens is 194 g/mol. The minimum atomic E-state index is -0.730. The van der Waals surface area contributed by atoms with Crippen LogP contribution in [0.5, 0.6) is 0 Å². The molecule has 0 aromatic rings. The van der Waals surface area contributed by atoms with Gasteiger partial charge < -0.3 is 15.1 Å². The number of aliphatic hydroxyl groups is 1. The molecule has 1 rings (SSSR count). The Kier molecular flexibility index (Phi) is 4.54. The van der Waals surface area contributed by atoms with E-state index in [0.29, 0.717) is 18.4 Å². The summed E-state index contributed by atoms with van der Waals surface area (Å²) in [5, 5.41) is 18.2. The van der Waals surface area contributed by atoms with Gasteiger partial charge in [-0.25, -0.2) is 0 Å². The molecule has 1 heterocycles. The fourth-order valence-electron chi connectivity index (χ4n) is 2.08. The molecule has 0 saturated carbocycles. The molecule has 0 aliphatic carbocycles. The van der Waals surface area contributed by atoms with Gasteiger partial charge in [0.25, 0.3) is 0 Å². The summed E-state index contributed by atoms with van der Waals surface area (Å²) < 4.78 is 0. The van der Waals surface area contributed by atoms with Crippen LogP contribution in [0, 0.1) is 5.92 Å². The third-order valence-corrected chi connectivity index (χ3v) is 3.29. The first-order valence-corrected chi connectivity index (χ1v) is 5.64. The van der Waals surface area contributed by atoms with Crippen molar-refractivity contribution < 1.29 is 15.0 Å². The number of nitrogens with zero attached hydrogens (tertiary/aromatic N) is 1. The minimum Gasteiger partial charge on any atom is -0.481 e. The molecule has 88 valence electrons. The summed E-state index contributed by atoms with van der Waals surface area (Å²) in [6, 6.07) is 0.302. The van der Waals surface area contributed by atoms with Gasteiger partial charge in [0.1, 0.15) is 0 Å². The van der Waals surface area contributed by atoms with Crippen LogP contribution in [0.2, 0.25) is 0 Å². The van der Waals surface area contributed by atoms with Crippen LogP contribution in [0.25, 0.3) is 0 Å². The second kappa shape index (κ2) is 5.47. The third kappa shape index (κ3) is 3.80. The second-order valence-electron chi connectivity index (χ2n) is 4.61. The SMILES string of the molecule is CC1CN(C(C)CCC(=O)O)CCC1O. The van der Waals surface area contributed by atoms with Crippen molar-refractivity contribution in [2.45, 2.75) is 45.3 Å². The van der Waals surface area contributed by atoms with Gasteiger partial charge in [0, 0.05) is 25.6 Å². The summed E-state index contributed by atoms with van der Waals surface area (Å²) >= 11 is 0. The molecule has 1 aliphatic rings. The van der Waals surface area contributed by atoms with E-state index in [2.05, 4.69) is 11.8 Å². The van der Waals surface area contributed by atoms with Crippen molar-refractivity contribution >= 4 is 5.97 Å². The average Bonchev–Trinajstić information content (AvgIpc) is 2.18. The van der Waals surface area contributed by atoms with Crippen LogP contribution in [-0.4, -0.2) is 46.3 Å². The second-order valence-corrected chi connectivity index (χ2v) is 4.61. The van der Waals surface area contributed by atoms with Crippen LogP contribution in [0.4, 0.5) is 0 Å². The molecule has 0 aromatic heterocycles. The van der Waals surface area contributed by atoms with Crippen LogP contribution in [0.1, 0.15) is 33.1 Å². The molecule has 1 aliphatic heterocycles. The number of carboxylic acids is 1. The molecule has 4 heteroatoms. The van der Waals surface area contributed by atoms with Crippen LogP contribution in [0.15, 0.2) is 0 Å². The van der Waals surface area contributed by atoms with Gasteiger partial charge in [0.2, 0.25) is 0 Å². The zero-order valence-corrected chi connectivity index (χ0v) is 9.52. The van der Waals surface area contributed by atoms with Gasteiger partial charge in [-0.05, 0) is 25.7 Å². The number of piperidine rings is 1. The molecule has 0 amide bonds. The van der Waals surface area contributed by atoms with E-state index in [1.807, 2.05) is 6.92 Å². The number of likely N-dealkylation sites (tertiary alicyclic amines) is 1. The largest absolute Gasteiger partial charge is 0.481 e. The molecule has 4 nitrogen and oxygen atoms in total. The first kappa shape index (κ1) is 12.5. The van der Waals surface area contributed by atoms with Crippen molar-refractivity contribution in [3.05, 3.63) is 0 Å². The summed E-state index contributed by atoms with van der Waals surface area (Å²) in [5.41, 5.74) is 0. The standard InChI is InChI=1S/C11H21NO3/c1-8-7-12(6-5-10(8)13)9(2)3-4-11(14)15/h8-10,13H,3-7H2,1-2H3,(H,14,15). The van der Waals surface area contributed by atoms with Crippen molar-refractivity contribution in [1.29, 1.82) is 0 Å². The van der Waals surface area contributed by atoms with Gasteiger partial charge in [-0.15, -0.1) is 0 Å². The maximum Gasteiger partial charge on any atom is 0.303 e. The fourth-order valence-corrected chi connectivity index (χ4v) is 2.08. The normalized spacial score (nSPS) is 30.1. The van der Waals surface area contributed by atoms with Gasteiger partial charge >= 0.3 is 5.97 Å². The van der Waals surface area contributed by atoms with Crippen molar-refractivity contribution in [3.8, 4) is 0 Å². The summed E-state index contributed by atoms with van der Waals surface area (Å²) in [7, 11) is 0. The predicted molar refractivity (Wildman–Crippen MR) is 57.7 cm³/mol. The number of carboxylic acid groups (broad SMARTS) is 1. The fraction of sp³-hybridized carbons (Fsp3) is 0.909. The average molecular weight is 215 g/mol. The lowest BCUT2D eigenvalue weighted by atomic mass is 9.95. The van der Waals surface area contributed by atoms with E-state index < -0.39 is 5.97 Å². The Hall–Kier alpha value is -0.610. The van der Waals surface area contributed by atoms with Gasteiger partial charge in [0.15, 0.2) is 0 Å². The molecule has 3 atom stereocenters. The van der Waals surface area contributed by atoms with Gasteiger partial charge in [0.05, 0.1) is 6.10 Å². The number of rotatable bonds is 4. The summed E-state index contributed by atoms with van der Waals surface area (Å²) in [4.78, 5) is 12.7. The van der Waals surface area contributed by atoms with Gasteiger partial charge in [-0.1, -0.05) is 6.92 Å². The van der Waals surface area contributed by atoms with E-state index in [4.69, 9.17) is 5.11 Å². The maximum atomic E-state index is 10.4. The Morgan fingerprint density at radius 3 is 2.80 bits per heavy atom. The quantitative estimate of drug-likeness (QED) is 0.732. The monoisotopic (exact) mass is 215 g/mol. The molecule has 3 unspecified atom stereocenters. The molecule has 0 bridgehead atoms. The summed E-state index contributed by atoms with van der Waals surface area (Å²) in [5.74, 6) is -0.432. The lowest BCUT2D eigenvalue weighted by Gasteiger charge is -2.38. The maximum absolute atomic E-state index is 10.4. The highest BCUT2D eigenvalue weighted by Gasteiger charge is 2.26. The topological polar surface area (TPSA) is 60.8 Å². The molecule has 1 saturated heterocycles. The van der Waals surface area contributed by atoms with E-state index in [1.165, 1.54) is 0 Å². The Balaban J connectivity index is 2.33. The Labute approximate surface area is 90.9 Å². The number of carbonyl (C=O) groups is 1.